The van der Waals surface area contributed by atoms with Crippen LogP contribution in [0.2, 0.25) is 0 Å². The zero-order valence-electron chi connectivity index (χ0n) is 12.9. The Hall–Kier alpha value is -2.51. The lowest BCUT2D eigenvalue weighted by Gasteiger charge is -2.26. The van der Waals surface area contributed by atoms with E-state index in [4.69, 9.17) is 15.6 Å². The monoisotopic (exact) mass is 311 g/mol. The van der Waals surface area contributed by atoms with Crippen LogP contribution in [0, 0.1) is 0 Å². The summed E-state index contributed by atoms with van der Waals surface area (Å²) in [6.07, 6.45) is 0.777. The van der Waals surface area contributed by atoms with Gasteiger partial charge in [0, 0.05) is 19.3 Å². The highest BCUT2D eigenvalue weighted by atomic mass is 16.6. The van der Waals surface area contributed by atoms with Gasteiger partial charge < -0.3 is 20.1 Å². The highest BCUT2D eigenvalue weighted by Gasteiger charge is 2.23. The number of ether oxygens (including phenoxy) is 1. The number of carboxylic acids is 1. The number of nitrogen functional groups attached to an aromatic ring is 1. The molecule has 3 N–H and O–H groups in total. The molecule has 1 aromatic heterocycles. The highest BCUT2D eigenvalue weighted by molar-refractivity contribution is 5.76. The number of nitrogens with zero attached hydrogens (tertiary/aromatic N) is 2. The number of carboxylic acid groups (broad SMARTS) is 1. The van der Waals surface area contributed by atoms with Crippen LogP contribution in [0.15, 0.2) is 23.1 Å². The zero-order chi connectivity index (χ0) is 16.9. The van der Waals surface area contributed by atoms with Gasteiger partial charge in [0.25, 0.3) is 5.56 Å². The van der Waals surface area contributed by atoms with Crippen LogP contribution >= 0.6 is 0 Å². The van der Waals surface area contributed by atoms with Crippen LogP contribution in [-0.4, -0.2) is 45.3 Å². The summed E-state index contributed by atoms with van der Waals surface area (Å²) in [5.41, 5.74) is 4.48. The van der Waals surface area contributed by atoms with Gasteiger partial charge in [-0.2, -0.15) is 0 Å². The third-order valence-corrected chi connectivity index (χ3v) is 2.64. The van der Waals surface area contributed by atoms with Crippen LogP contribution in [0.1, 0.15) is 20.8 Å². The highest BCUT2D eigenvalue weighted by Crippen LogP contribution is 2.10. The molecule has 122 valence electrons. The molecule has 8 heteroatoms. The molecule has 1 heterocycles. The van der Waals surface area contributed by atoms with Crippen molar-refractivity contribution in [2.75, 3.05) is 18.8 Å². The molecule has 1 aromatic rings. The number of pyridine rings is 1. The SMILES string of the molecule is CC(C)(C)OC(=O)N(CCn1cccc(N)c1=O)CC(=O)O. The number of amides is 1. The van der Waals surface area contributed by atoms with Gasteiger partial charge in [0.05, 0.1) is 5.69 Å². The van der Waals surface area contributed by atoms with E-state index in [1.54, 1.807) is 26.8 Å². The minimum absolute atomic E-state index is 0.0184. The predicted octanol–water partition coefficient (Wildman–Crippen LogP) is 0.752. The summed E-state index contributed by atoms with van der Waals surface area (Å²) in [6.45, 7) is 4.69. The standard InChI is InChI=1S/C14H21N3O5/c1-14(2,3)22-13(21)17(9-11(18)19)8-7-16-6-4-5-10(15)12(16)20/h4-6H,7-9,15H2,1-3H3,(H,18,19). The van der Waals surface area contributed by atoms with Gasteiger partial charge >= 0.3 is 12.1 Å². The minimum atomic E-state index is -1.16. The molecule has 0 unspecified atom stereocenters. The van der Waals surface area contributed by atoms with Crippen molar-refractivity contribution in [2.24, 2.45) is 0 Å². The normalized spacial score (nSPS) is 11.0. The Labute approximate surface area is 128 Å². The Morgan fingerprint density at radius 2 is 2.05 bits per heavy atom. The van der Waals surface area contributed by atoms with Gasteiger partial charge in [-0.1, -0.05) is 0 Å². The largest absolute Gasteiger partial charge is 0.480 e. The molecule has 0 saturated carbocycles. The third kappa shape index (κ3) is 5.47. The Balaban J connectivity index is 2.81. The number of aliphatic carboxylic acids is 1. The molecule has 8 nitrogen and oxygen atoms in total. The molecule has 0 fully saturated rings. The summed E-state index contributed by atoms with van der Waals surface area (Å²) in [4.78, 5) is 35.7. The summed E-state index contributed by atoms with van der Waals surface area (Å²) >= 11 is 0. The van der Waals surface area contributed by atoms with E-state index in [1.165, 1.54) is 16.8 Å². The molecule has 1 amide bonds. The van der Waals surface area contributed by atoms with E-state index in [1.807, 2.05) is 0 Å². The zero-order valence-corrected chi connectivity index (χ0v) is 12.9. The number of anilines is 1. The van der Waals surface area contributed by atoms with Crippen molar-refractivity contribution in [3.8, 4) is 0 Å². The second-order valence-corrected chi connectivity index (χ2v) is 5.76. The Kier molecular flexibility index (Phi) is 5.56. The van der Waals surface area contributed by atoms with E-state index in [2.05, 4.69) is 0 Å². The second-order valence-electron chi connectivity index (χ2n) is 5.76. The molecule has 0 radical (unpaired) electrons. The van der Waals surface area contributed by atoms with Crippen molar-refractivity contribution in [1.29, 1.82) is 0 Å². The first-order chi connectivity index (χ1) is 10.1. The fraction of sp³-hybridized carbons (Fsp3) is 0.500. The van der Waals surface area contributed by atoms with Crippen LogP contribution < -0.4 is 11.3 Å². The quantitative estimate of drug-likeness (QED) is 0.829. The summed E-state index contributed by atoms with van der Waals surface area (Å²) in [7, 11) is 0. The maximum atomic E-state index is 12.0. The van der Waals surface area contributed by atoms with Gasteiger partial charge in [-0.15, -0.1) is 0 Å². The Morgan fingerprint density at radius 3 is 2.59 bits per heavy atom. The molecular formula is C14H21N3O5. The average Bonchev–Trinajstić information content (AvgIpc) is 2.36. The number of hydrogen-bond donors (Lipinski definition) is 2. The third-order valence-electron chi connectivity index (χ3n) is 2.64. The average molecular weight is 311 g/mol. The predicted molar refractivity (Wildman–Crippen MR) is 80.6 cm³/mol. The summed E-state index contributed by atoms with van der Waals surface area (Å²) in [6, 6.07) is 3.08. The molecule has 0 aliphatic carbocycles. The first-order valence-corrected chi connectivity index (χ1v) is 6.75. The van der Waals surface area contributed by atoms with Gasteiger partial charge in [0.1, 0.15) is 12.1 Å². The number of hydrogen-bond acceptors (Lipinski definition) is 5. The fourth-order valence-corrected chi connectivity index (χ4v) is 1.68. The fourth-order valence-electron chi connectivity index (χ4n) is 1.68. The van der Waals surface area contributed by atoms with Crippen LogP contribution in [0.5, 0.6) is 0 Å². The van der Waals surface area contributed by atoms with Gasteiger partial charge in [0.2, 0.25) is 0 Å². The molecule has 0 atom stereocenters. The van der Waals surface area contributed by atoms with Crippen LogP contribution in [0.3, 0.4) is 0 Å². The van der Waals surface area contributed by atoms with Gasteiger partial charge in [0.15, 0.2) is 0 Å². The molecular weight excluding hydrogens is 290 g/mol. The molecule has 0 saturated heterocycles. The molecule has 0 aliphatic heterocycles. The van der Waals surface area contributed by atoms with Gasteiger partial charge in [-0.05, 0) is 32.9 Å². The van der Waals surface area contributed by atoms with Crippen molar-refractivity contribution in [3.63, 3.8) is 0 Å². The Morgan fingerprint density at radius 1 is 1.41 bits per heavy atom. The maximum absolute atomic E-state index is 12.0. The number of aromatic nitrogens is 1. The summed E-state index contributed by atoms with van der Waals surface area (Å²) in [5.74, 6) is -1.16. The lowest BCUT2D eigenvalue weighted by atomic mass is 10.2. The number of rotatable bonds is 5. The van der Waals surface area contributed by atoms with E-state index >= 15 is 0 Å². The number of carbonyl (C=O) groups is 2. The van der Waals surface area contributed by atoms with E-state index in [9.17, 15) is 14.4 Å². The number of carbonyl (C=O) groups excluding carboxylic acids is 1. The molecule has 0 aromatic carbocycles. The molecule has 22 heavy (non-hydrogen) atoms. The summed E-state index contributed by atoms with van der Waals surface area (Å²) < 4.78 is 6.47. The van der Waals surface area contributed by atoms with Crippen molar-refractivity contribution in [1.82, 2.24) is 9.47 Å². The number of nitrogens with two attached hydrogens (primary N) is 1. The van der Waals surface area contributed by atoms with Crippen molar-refractivity contribution in [2.45, 2.75) is 32.9 Å². The smallest absolute Gasteiger partial charge is 0.410 e. The van der Waals surface area contributed by atoms with Crippen LogP contribution in [0.25, 0.3) is 0 Å². The Bertz CT molecular complexity index is 603. The van der Waals surface area contributed by atoms with Crippen molar-refractivity contribution < 1.29 is 19.4 Å². The molecule has 0 bridgehead atoms. The lowest BCUT2D eigenvalue weighted by molar-refractivity contribution is -0.138. The maximum Gasteiger partial charge on any atom is 0.410 e. The van der Waals surface area contributed by atoms with E-state index in [-0.39, 0.29) is 24.3 Å². The topological polar surface area (TPSA) is 115 Å². The minimum Gasteiger partial charge on any atom is -0.480 e. The molecule has 0 spiro atoms. The first-order valence-electron chi connectivity index (χ1n) is 6.75. The molecule has 1 rings (SSSR count). The van der Waals surface area contributed by atoms with Crippen LogP contribution in [0.4, 0.5) is 10.5 Å². The van der Waals surface area contributed by atoms with E-state index in [0.717, 1.165) is 4.90 Å². The van der Waals surface area contributed by atoms with E-state index < -0.39 is 24.2 Å². The summed E-state index contributed by atoms with van der Waals surface area (Å²) in [5, 5.41) is 8.89. The van der Waals surface area contributed by atoms with Crippen LogP contribution in [-0.2, 0) is 16.1 Å². The second kappa shape index (κ2) is 6.97. The molecule has 0 aliphatic rings. The van der Waals surface area contributed by atoms with Gasteiger partial charge in [-0.25, -0.2) is 4.79 Å². The lowest BCUT2D eigenvalue weighted by Crippen LogP contribution is -2.42. The van der Waals surface area contributed by atoms with Crippen molar-refractivity contribution >= 4 is 17.7 Å². The van der Waals surface area contributed by atoms with Gasteiger partial charge in [-0.3, -0.25) is 14.5 Å². The van der Waals surface area contributed by atoms with E-state index in [0.29, 0.717) is 0 Å². The first kappa shape index (κ1) is 17.5. The van der Waals surface area contributed by atoms with Crippen molar-refractivity contribution in [3.05, 3.63) is 28.7 Å².